The molecule has 5 nitrogen and oxygen atoms in total. The van der Waals surface area contributed by atoms with E-state index in [2.05, 4.69) is 0 Å². The maximum absolute atomic E-state index is 11.6. The molecule has 1 aromatic rings. The number of nitrogens with two attached hydrogens (primary N) is 2. The van der Waals surface area contributed by atoms with Crippen molar-refractivity contribution in [3.8, 4) is 0 Å². The van der Waals surface area contributed by atoms with Gasteiger partial charge in [0.05, 0.1) is 12.0 Å². The lowest BCUT2D eigenvalue weighted by atomic mass is 10.1. The second-order valence-corrected chi connectivity index (χ2v) is 3.43. The molecule has 16 heavy (non-hydrogen) atoms. The van der Waals surface area contributed by atoms with Gasteiger partial charge in [0.15, 0.2) is 0 Å². The first-order chi connectivity index (χ1) is 7.50. The molecule has 1 aromatic carbocycles. The molecule has 0 aliphatic heterocycles. The number of esters is 1. The van der Waals surface area contributed by atoms with Crippen LogP contribution in [0.1, 0.15) is 22.3 Å². The zero-order valence-corrected chi connectivity index (χ0v) is 9.03. The number of primary amides is 1. The number of carbonyl (C=O) groups excluding carboxylic acids is 2. The number of hydrogen-bond donors (Lipinski definition) is 2. The van der Waals surface area contributed by atoms with Crippen molar-refractivity contribution in [1.82, 2.24) is 0 Å². The average molecular weight is 222 g/mol. The summed E-state index contributed by atoms with van der Waals surface area (Å²) in [4.78, 5) is 22.0. The first-order valence-electron chi connectivity index (χ1n) is 4.82. The fourth-order valence-corrected chi connectivity index (χ4v) is 1.18. The minimum absolute atomic E-state index is 0.0115. The fraction of sp³-hybridized carbons (Fsp3) is 0.273. The smallest absolute Gasteiger partial charge is 0.338 e. The Balaban J connectivity index is 2.65. The third-order valence-electron chi connectivity index (χ3n) is 2.06. The third-order valence-corrected chi connectivity index (χ3v) is 2.06. The van der Waals surface area contributed by atoms with Crippen molar-refractivity contribution in [3.05, 3.63) is 29.3 Å². The molecule has 1 amide bonds. The van der Waals surface area contributed by atoms with Gasteiger partial charge in [-0.2, -0.15) is 0 Å². The molecule has 1 rings (SSSR count). The Morgan fingerprint density at radius 1 is 1.38 bits per heavy atom. The maximum atomic E-state index is 11.6. The van der Waals surface area contributed by atoms with Crippen molar-refractivity contribution in [3.63, 3.8) is 0 Å². The van der Waals surface area contributed by atoms with Gasteiger partial charge in [-0.05, 0) is 24.6 Å². The summed E-state index contributed by atoms with van der Waals surface area (Å²) in [5, 5.41) is 0. The van der Waals surface area contributed by atoms with Gasteiger partial charge in [0, 0.05) is 5.69 Å². The molecule has 5 heteroatoms. The standard InChI is InChI=1S/C11H14N2O3/c1-7-2-3-8(12)6-9(7)11(15)16-5-4-10(13)14/h2-3,6H,4-5,12H2,1H3,(H2,13,14). The Hall–Kier alpha value is -2.04. The predicted molar refractivity (Wildman–Crippen MR) is 59.7 cm³/mol. The lowest BCUT2D eigenvalue weighted by Crippen LogP contribution is -2.16. The molecular weight excluding hydrogens is 208 g/mol. The van der Waals surface area contributed by atoms with Gasteiger partial charge in [-0.3, -0.25) is 4.79 Å². The van der Waals surface area contributed by atoms with Crippen LogP contribution in [0.3, 0.4) is 0 Å². The summed E-state index contributed by atoms with van der Waals surface area (Å²) in [5.74, 6) is -0.997. The molecule has 0 heterocycles. The Kier molecular flexibility index (Phi) is 3.88. The summed E-state index contributed by atoms with van der Waals surface area (Å²) < 4.78 is 4.88. The number of rotatable bonds is 4. The van der Waals surface area contributed by atoms with E-state index in [1.807, 2.05) is 0 Å². The second kappa shape index (κ2) is 5.16. The first-order valence-corrected chi connectivity index (χ1v) is 4.82. The monoisotopic (exact) mass is 222 g/mol. The molecule has 86 valence electrons. The maximum Gasteiger partial charge on any atom is 0.338 e. The van der Waals surface area contributed by atoms with E-state index in [4.69, 9.17) is 16.2 Å². The lowest BCUT2D eigenvalue weighted by Gasteiger charge is -2.06. The zero-order valence-electron chi connectivity index (χ0n) is 9.03. The predicted octanol–water partition coefficient (Wildman–Crippen LogP) is 0.609. The molecule has 0 unspecified atom stereocenters. The number of anilines is 1. The van der Waals surface area contributed by atoms with Gasteiger partial charge in [0.1, 0.15) is 6.61 Å². The van der Waals surface area contributed by atoms with Crippen LogP contribution >= 0.6 is 0 Å². The molecule has 0 aromatic heterocycles. The van der Waals surface area contributed by atoms with Crippen LogP contribution in [0.15, 0.2) is 18.2 Å². The van der Waals surface area contributed by atoms with Crippen LogP contribution in [0.4, 0.5) is 5.69 Å². The Labute approximate surface area is 93.4 Å². The molecule has 0 fully saturated rings. The van der Waals surface area contributed by atoms with Crippen LogP contribution in [-0.4, -0.2) is 18.5 Å². The normalized spacial score (nSPS) is 9.81. The van der Waals surface area contributed by atoms with Crippen molar-refractivity contribution < 1.29 is 14.3 Å². The van der Waals surface area contributed by atoms with E-state index in [1.165, 1.54) is 0 Å². The molecule has 0 radical (unpaired) electrons. The Morgan fingerprint density at radius 2 is 2.06 bits per heavy atom. The number of nitrogen functional groups attached to an aromatic ring is 1. The quantitative estimate of drug-likeness (QED) is 0.576. The highest BCUT2D eigenvalue weighted by Crippen LogP contribution is 2.13. The van der Waals surface area contributed by atoms with Gasteiger partial charge in [0.25, 0.3) is 0 Å². The summed E-state index contributed by atoms with van der Waals surface area (Å²) in [6.45, 7) is 1.77. The van der Waals surface area contributed by atoms with E-state index < -0.39 is 11.9 Å². The van der Waals surface area contributed by atoms with Crippen LogP contribution in [0.2, 0.25) is 0 Å². The summed E-state index contributed by atoms with van der Waals surface area (Å²) in [6.07, 6.45) is 0.0209. The molecule has 0 saturated carbocycles. The Morgan fingerprint density at radius 3 is 2.69 bits per heavy atom. The molecule has 0 saturated heterocycles. The van der Waals surface area contributed by atoms with Crippen molar-refractivity contribution in [2.24, 2.45) is 5.73 Å². The number of carbonyl (C=O) groups is 2. The molecule has 0 aliphatic carbocycles. The largest absolute Gasteiger partial charge is 0.462 e. The third kappa shape index (κ3) is 3.27. The number of aryl methyl sites for hydroxylation is 1. The number of benzene rings is 1. The summed E-state index contributed by atoms with van der Waals surface area (Å²) in [5.41, 5.74) is 12.2. The molecule has 0 bridgehead atoms. The van der Waals surface area contributed by atoms with Crippen LogP contribution in [-0.2, 0) is 9.53 Å². The van der Waals surface area contributed by atoms with E-state index in [0.29, 0.717) is 11.3 Å². The number of ether oxygens (including phenoxy) is 1. The van der Waals surface area contributed by atoms with Gasteiger partial charge in [0.2, 0.25) is 5.91 Å². The average Bonchev–Trinajstić information content (AvgIpc) is 2.21. The highest BCUT2D eigenvalue weighted by molar-refractivity contribution is 5.92. The van der Waals surface area contributed by atoms with E-state index >= 15 is 0 Å². The molecular formula is C11H14N2O3. The lowest BCUT2D eigenvalue weighted by molar-refractivity contribution is -0.118. The number of amides is 1. The molecule has 0 aliphatic rings. The molecule has 0 spiro atoms. The fourth-order valence-electron chi connectivity index (χ4n) is 1.18. The number of hydrogen-bond acceptors (Lipinski definition) is 4. The second-order valence-electron chi connectivity index (χ2n) is 3.43. The van der Waals surface area contributed by atoms with Gasteiger partial charge in [-0.15, -0.1) is 0 Å². The van der Waals surface area contributed by atoms with Crippen LogP contribution in [0.5, 0.6) is 0 Å². The van der Waals surface area contributed by atoms with Crippen molar-refractivity contribution >= 4 is 17.6 Å². The van der Waals surface area contributed by atoms with Gasteiger partial charge >= 0.3 is 5.97 Å². The summed E-state index contributed by atoms with van der Waals surface area (Å²) >= 11 is 0. The zero-order chi connectivity index (χ0) is 12.1. The van der Waals surface area contributed by atoms with Crippen molar-refractivity contribution in [2.75, 3.05) is 12.3 Å². The van der Waals surface area contributed by atoms with Gasteiger partial charge in [-0.25, -0.2) is 4.79 Å². The van der Waals surface area contributed by atoms with Crippen LogP contribution in [0.25, 0.3) is 0 Å². The van der Waals surface area contributed by atoms with Crippen molar-refractivity contribution in [2.45, 2.75) is 13.3 Å². The van der Waals surface area contributed by atoms with E-state index in [0.717, 1.165) is 5.56 Å². The highest BCUT2D eigenvalue weighted by atomic mass is 16.5. The molecule has 0 atom stereocenters. The Bertz CT molecular complexity index is 416. The topological polar surface area (TPSA) is 95.4 Å². The van der Waals surface area contributed by atoms with Crippen molar-refractivity contribution in [1.29, 1.82) is 0 Å². The van der Waals surface area contributed by atoms with Crippen LogP contribution < -0.4 is 11.5 Å². The van der Waals surface area contributed by atoms with E-state index in [1.54, 1.807) is 25.1 Å². The SMILES string of the molecule is Cc1ccc(N)cc1C(=O)OCCC(N)=O. The minimum Gasteiger partial charge on any atom is -0.462 e. The van der Waals surface area contributed by atoms with E-state index in [-0.39, 0.29) is 13.0 Å². The summed E-state index contributed by atoms with van der Waals surface area (Å²) in [7, 11) is 0. The minimum atomic E-state index is -0.503. The van der Waals surface area contributed by atoms with E-state index in [9.17, 15) is 9.59 Å². The van der Waals surface area contributed by atoms with Crippen LogP contribution in [0, 0.1) is 6.92 Å². The van der Waals surface area contributed by atoms with Gasteiger partial charge in [-0.1, -0.05) is 6.07 Å². The molecule has 4 N–H and O–H groups in total. The summed E-state index contributed by atoms with van der Waals surface area (Å²) in [6, 6.07) is 4.98. The van der Waals surface area contributed by atoms with Gasteiger partial charge < -0.3 is 16.2 Å². The first kappa shape index (κ1) is 12.0. The highest BCUT2D eigenvalue weighted by Gasteiger charge is 2.10.